The lowest BCUT2D eigenvalue weighted by Gasteiger charge is -2.34. The third-order valence-electron chi connectivity index (χ3n) is 4.01. The van der Waals surface area contributed by atoms with Gasteiger partial charge in [0.1, 0.15) is 18.0 Å². The van der Waals surface area contributed by atoms with E-state index in [1.807, 2.05) is 6.20 Å². The Kier molecular flexibility index (Phi) is 3.82. The zero-order chi connectivity index (χ0) is 13.9. The lowest BCUT2D eigenvalue weighted by Crippen LogP contribution is -2.34. The summed E-state index contributed by atoms with van der Waals surface area (Å²) >= 11 is 0. The number of H-pyrrole nitrogens is 1. The number of nitrogens with one attached hydrogen (secondary N) is 1. The van der Waals surface area contributed by atoms with Crippen LogP contribution in [0.1, 0.15) is 56.8 Å². The van der Waals surface area contributed by atoms with Crippen LogP contribution in [0.5, 0.6) is 0 Å². The van der Waals surface area contributed by atoms with Crippen molar-refractivity contribution < 1.29 is 0 Å². The third-order valence-corrected chi connectivity index (χ3v) is 4.01. The highest BCUT2D eigenvalue weighted by atomic mass is 15.3. The average Bonchev–Trinajstić information content (AvgIpc) is 3.09. The highest BCUT2D eigenvalue weighted by Crippen LogP contribution is 2.29. The molecule has 1 atom stereocenters. The van der Waals surface area contributed by atoms with E-state index < -0.39 is 0 Å². The van der Waals surface area contributed by atoms with Gasteiger partial charge in [0.05, 0.1) is 12.6 Å². The molecule has 3 heterocycles. The number of aromatic nitrogens is 5. The Morgan fingerprint density at radius 2 is 2.25 bits per heavy atom. The topological polar surface area (TPSA) is 62.6 Å². The number of hydrogen-bond acceptors (Lipinski definition) is 4. The second-order valence-electron chi connectivity index (χ2n) is 5.70. The molecule has 2 aromatic heterocycles. The third kappa shape index (κ3) is 2.60. The molecule has 1 saturated heterocycles. The first-order valence-corrected chi connectivity index (χ1v) is 7.36. The Balaban J connectivity index is 1.79. The van der Waals surface area contributed by atoms with E-state index in [0.29, 0.717) is 12.1 Å². The summed E-state index contributed by atoms with van der Waals surface area (Å²) in [5.41, 5.74) is 0. The molecule has 0 amide bonds. The van der Waals surface area contributed by atoms with Crippen molar-refractivity contribution in [3.05, 3.63) is 30.4 Å². The Labute approximate surface area is 119 Å². The van der Waals surface area contributed by atoms with E-state index in [2.05, 4.69) is 49.7 Å². The van der Waals surface area contributed by atoms with Crippen LogP contribution in [0, 0.1) is 0 Å². The highest BCUT2D eigenvalue weighted by Gasteiger charge is 2.27. The molecule has 0 aromatic carbocycles. The Hall–Kier alpha value is -1.69. The van der Waals surface area contributed by atoms with E-state index in [0.717, 1.165) is 31.2 Å². The summed E-state index contributed by atoms with van der Waals surface area (Å²) < 4.78 is 2.24. The average molecular weight is 274 g/mol. The number of piperidine rings is 1. The maximum absolute atomic E-state index is 4.52. The summed E-state index contributed by atoms with van der Waals surface area (Å²) in [5.74, 6) is 2.11. The predicted octanol–water partition coefficient (Wildman–Crippen LogP) is 2.31. The molecule has 6 nitrogen and oxygen atoms in total. The Morgan fingerprint density at radius 1 is 1.35 bits per heavy atom. The second kappa shape index (κ2) is 5.75. The van der Waals surface area contributed by atoms with Crippen molar-refractivity contribution >= 4 is 0 Å². The van der Waals surface area contributed by atoms with E-state index in [4.69, 9.17) is 0 Å². The first kappa shape index (κ1) is 13.3. The molecule has 0 unspecified atom stereocenters. The standard InChI is InChI=1S/C14H22N6/c1-11(2)20-8-6-15-13(20)9-19-7-4-3-5-12(19)14-16-10-17-18-14/h6,8,10-12H,3-5,7,9H2,1-2H3,(H,16,17,18)/t12-/m1/s1. The molecular formula is C14H22N6. The van der Waals surface area contributed by atoms with Gasteiger partial charge in [-0.25, -0.2) is 9.97 Å². The summed E-state index contributed by atoms with van der Waals surface area (Å²) in [4.78, 5) is 11.3. The van der Waals surface area contributed by atoms with E-state index in [9.17, 15) is 0 Å². The van der Waals surface area contributed by atoms with Gasteiger partial charge in [-0.3, -0.25) is 10.00 Å². The molecule has 6 heteroatoms. The van der Waals surface area contributed by atoms with Crippen molar-refractivity contribution in [3.63, 3.8) is 0 Å². The summed E-state index contributed by atoms with van der Waals surface area (Å²) in [6, 6.07) is 0.782. The van der Waals surface area contributed by atoms with Crippen LogP contribution in [0.15, 0.2) is 18.7 Å². The van der Waals surface area contributed by atoms with Crippen LogP contribution in [-0.4, -0.2) is 36.2 Å². The van der Waals surface area contributed by atoms with E-state index in [-0.39, 0.29) is 0 Å². The minimum atomic E-state index is 0.337. The van der Waals surface area contributed by atoms with Crippen molar-refractivity contribution in [2.45, 2.75) is 51.7 Å². The van der Waals surface area contributed by atoms with Crippen molar-refractivity contribution in [2.75, 3.05) is 6.54 Å². The van der Waals surface area contributed by atoms with Crippen molar-refractivity contribution in [1.29, 1.82) is 0 Å². The molecule has 0 spiro atoms. The van der Waals surface area contributed by atoms with Crippen molar-refractivity contribution in [1.82, 2.24) is 29.6 Å². The molecule has 0 saturated carbocycles. The molecule has 1 N–H and O–H groups in total. The van der Waals surface area contributed by atoms with Crippen LogP contribution >= 0.6 is 0 Å². The fraction of sp³-hybridized carbons (Fsp3) is 0.643. The maximum Gasteiger partial charge on any atom is 0.141 e. The van der Waals surface area contributed by atoms with Gasteiger partial charge < -0.3 is 4.57 Å². The van der Waals surface area contributed by atoms with Crippen LogP contribution in [0.4, 0.5) is 0 Å². The fourth-order valence-electron chi connectivity index (χ4n) is 2.98. The smallest absolute Gasteiger partial charge is 0.141 e. The van der Waals surface area contributed by atoms with Gasteiger partial charge in [-0.2, -0.15) is 5.10 Å². The van der Waals surface area contributed by atoms with Crippen LogP contribution < -0.4 is 0 Å². The number of rotatable bonds is 4. The highest BCUT2D eigenvalue weighted by molar-refractivity contribution is 4.99. The first-order chi connectivity index (χ1) is 9.75. The quantitative estimate of drug-likeness (QED) is 0.929. The molecule has 108 valence electrons. The minimum absolute atomic E-state index is 0.337. The maximum atomic E-state index is 4.52. The first-order valence-electron chi connectivity index (χ1n) is 7.36. The lowest BCUT2D eigenvalue weighted by atomic mass is 10.0. The molecule has 0 bridgehead atoms. The van der Waals surface area contributed by atoms with Gasteiger partial charge in [-0.05, 0) is 33.2 Å². The second-order valence-corrected chi connectivity index (χ2v) is 5.70. The Morgan fingerprint density at radius 3 is 3.00 bits per heavy atom. The van der Waals surface area contributed by atoms with Gasteiger partial charge in [0.25, 0.3) is 0 Å². The zero-order valence-corrected chi connectivity index (χ0v) is 12.2. The molecule has 1 fully saturated rings. The summed E-state index contributed by atoms with van der Waals surface area (Å²) in [5, 5.41) is 7.01. The zero-order valence-electron chi connectivity index (χ0n) is 12.2. The van der Waals surface area contributed by atoms with E-state index in [1.54, 1.807) is 6.33 Å². The predicted molar refractivity (Wildman–Crippen MR) is 76.0 cm³/mol. The van der Waals surface area contributed by atoms with Crippen molar-refractivity contribution in [2.24, 2.45) is 0 Å². The van der Waals surface area contributed by atoms with E-state index in [1.165, 1.54) is 12.8 Å². The monoisotopic (exact) mass is 274 g/mol. The number of imidazole rings is 1. The van der Waals surface area contributed by atoms with Crippen LogP contribution in [0.25, 0.3) is 0 Å². The van der Waals surface area contributed by atoms with Crippen LogP contribution in [0.3, 0.4) is 0 Å². The summed E-state index contributed by atoms with van der Waals surface area (Å²) in [7, 11) is 0. The van der Waals surface area contributed by atoms with Gasteiger partial charge in [0, 0.05) is 18.4 Å². The van der Waals surface area contributed by atoms with Crippen LogP contribution in [0.2, 0.25) is 0 Å². The molecule has 1 aliphatic heterocycles. The fourth-order valence-corrected chi connectivity index (χ4v) is 2.98. The molecule has 3 rings (SSSR count). The molecule has 0 aliphatic carbocycles. The number of nitrogens with zero attached hydrogens (tertiary/aromatic N) is 5. The van der Waals surface area contributed by atoms with E-state index >= 15 is 0 Å². The van der Waals surface area contributed by atoms with Gasteiger partial charge in [0.15, 0.2) is 0 Å². The molecular weight excluding hydrogens is 252 g/mol. The number of aromatic amines is 1. The molecule has 0 radical (unpaired) electrons. The van der Waals surface area contributed by atoms with Crippen LogP contribution in [-0.2, 0) is 6.54 Å². The minimum Gasteiger partial charge on any atom is -0.331 e. The van der Waals surface area contributed by atoms with Crippen molar-refractivity contribution in [3.8, 4) is 0 Å². The van der Waals surface area contributed by atoms with Gasteiger partial charge in [0.2, 0.25) is 0 Å². The summed E-state index contributed by atoms with van der Waals surface area (Å²) in [6.07, 6.45) is 9.18. The molecule has 20 heavy (non-hydrogen) atoms. The van der Waals surface area contributed by atoms with Gasteiger partial charge in [-0.1, -0.05) is 6.42 Å². The van der Waals surface area contributed by atoms with Gasteiger partial charge >= 0.3 is 0 Å². The Bertz CT molecular complexity index is 530. The SMILES string of the molecule is CC(C)n1ccnc1CN1CCCC[C@@H]1c1ncn[nH]1. The number of likely N-dealkylation sites (tertiary alicyclic amines) is 1. The number of hydrogen-bond donors (Lipinski definition) is 1. The molecule has 1 aliphatic rings. The normalized spacial score (nSPS) is 20.6. The summed E-state index contributed by atoms with van der Waals surface area (Å²) in [6.45, 7) is 6.34. The lowest BCUT2D eigenvalue weighted by molar-refractivity contribution is 0.128. The molecule has 2 aromatic rings. The largest absolute Gasteiger partial charge is 0.331 e. The van der Waals surface area contributed by atoms with Gasteiger partial charge in [-0.15, -0.1) is 0 Å².